The fourth-order valence-corrected chi connectivity index (χ4v) is 1.78. The number of amidine groups is 1. The molecule has 1 aliphatic heterocycles. The molecule has 0 atom stereocenters. The van der Waals surface area contributed by atoms with Crippen molar-refractivity contribution in [2.75, 3.05) is 0 Å². The second-order valence-corrected chi connectivity index (χ2v) is 3.36. The zero-order valence-corrected chi connectivity index (χ0v) is 7.70. The molecule has 0 unspecified atom stereocenters. The highest BCUT2D eigenvalue weighted by Crippen LogP contribution is 2.35. The van der Waals surface area contributed by atoms with E-state index >= 15 is 0 Å². The zero-order valence-electron chi connectivity index (χ0n) is 7.70. The maximum absolute atomic E-state index is 8.77. The van der Waals surface area contributed by atoms with Crippen molar-refractivity contribution in [3.63, 3.8) is 0 Å². The van der Waals surface area contributed by atoms with Crippen LogP contribution in [-0.2, 0) is 0 Å². The molecular formula is C11H6N4. The van der Waals surface area contributed by atoms with Gasteiger partial charge in [-0.3, -0.25) is 10.4 Å². The normalized spacial score (nSPS) is 21.3. The Kier molecular flexibility index (Phi) is 1.35. The standard InChI is InChI=1S/C11H6N4/c12-4-6-5-14-9-7-2-1-3-8(7)10(9)15-11(6)13/h1-3,5H,(H2,13,15). The molecule has 0 fully saturated rings. The van der Waals surface area contributed by atoms with Crippen LogP contribution >= 0.6 is 0 Å². The van der Waals surface area contributed by atoms with E-state index in [9.17, 15) is 0 Å². The van der Waals surface area contributed by atoms with Gasteiger partial charge in [-0.2, -0.15) is 5.26 Å². The quantitative estimate of drug-likeness (QED) is 0.607. The van der Waals surface area contributed by atoms with Crippen LogP contribution in [0.5, 0.6) is 0 Å². The molecule has 2 aliphatic carbocycles. The molecule has 0 spiro atoms. The van der Waals surface area contributed by atoms with Crippen LogP contribution in [0.1, 0.15) is 0 Å². The fourth-order valence-electron chi connectivity index (χ4n) is 1.78. The lowest BCUT2D eigenvalue weighted by Crippen LogP contribution is -2.34. The molecule has 0 bridgehead atoms. The van der Waals surface area contributed by atoms with E-state index in [-0.39, 0.29) is 11.4 Å². The van der Waals surface area contributed by atoms with Gasteiger partial charge in [0.25, 0.3) is 0 Å². The maximum atomic E-state index is 8.77. The molecule has 0 amide bonds. The summed E-state index contributed by atoms with van der Waals surface area (Å²) in [5.41, 5.74) is 4.10. The molecule has 3 rings (SSSR count). The summed E-state index contributed by atoms with van der Waals surface area (Å²) in [5.74, 6) is 0.109. The molecule has 4 heteroatoms. The minimum Gasteiger partial charge on any atom is -0.337 e. The van der Waals surface area contributed by atoms with Gasteiger partial charge in [0.2, 0.25) is 0 Å². The van der Waals surface area contributed by atoms with E-state index in [0.29, 0.717) is 0 Å². The van der Waals surface area contributed by atoms with Crippen LogP contribution in [0.2, 0.25) is 0 Å². The minimum absolute atomic E-state index is 0.109. The van der Waals surface area contributed by atoms with Crippen LogP contribution in [-0.4, -0.2) is 11.5 Å². The van der Waals surface area contributed by atoms with Crippen molar-refractivity contribution in [2.45, 2.75) is 0 Å². The molecule has 0 aromatic carbocycles. The van der Waals surface area contributed by atoms with Gasteiger partial charge in [0.05, 0.1) is 11.4 Å². The summed E-state index contributed by atoms with van der Waals surface area (Å²) in [5, 5.41) is 19.3. The number of hydrogen-bond donors (Lipinski definition) is 2. The van der Waals surface area contributed by atoms with Crippen molar-refractivity contribution >= 4 is 11.5 Å². The Hall–Kier alpha value is -2.41. The van der Waals surface area contributed by atoms with Crippen molar-refractivity contribution in [1.29, 1.82) is 10.7 Å². The van der Waals surface area contributed by atoms with E-state index in [0.717, 1.165) is 22.6 Å². The molecule has 0 saturated carbocycles. The van der Waals surface area contributed by atoms with Crippen LogP contribution in [0.3, 0.4) is 0 Å². The summed E-state index contributed by atoms with van der Waals surface area (Å²) in [6.45, 7) is 0. The maximum Gasteiger partial charge on any atom is 0.142 e. The fraction of sp³-hybridized carbons (Fsp3) is 0. The lowest BCUT2D eigenvalue weighted by atomic mass is 9.87. The third-order valence-corrected chi connectivity index (χ3v) is 2.54. The molecule has 0 saturated heterocycles. The summed E-state index contributed by atoms with van der Waals surface area (Å²) in [7, 11) is 0. The van der Waals surface area contributed by atoms with Crippen molar-refractivity contribution < 1.29 is 0 Å². The van der Waals surface area contributed by atoms with Gasteiger partial charge < -0.3 is 5.32 Å². The van der Waals surface area contributed by atoms with Gasteiger partial charge in [-0.15, -0.1) is 0 Å². The number of hydrogen-bond acceptors (Lipinski definition) is 3. The van der Waals surface area contributed by atoms with E-state index in [1.807, 2.05) is 24.3 Å². The van der Waals surface area contributed by atoms with E-state index in [2.05, 4.69) is 10.3 Å². The number of nitrogens with zero attached hydrogens (tertiary/aromatic N) is 2. The SMILES string of the molecule is N#CC1=CN=C2C3=CC=CC3=C2NC1=N. The highest BCUT2D eigenvalue weighted by atomic mass is 15.0. The molecule has 1 heterocycles. The summed E-state index contributed by atoms with van der Waals surface area (Å²) in [4.78, 5) is 4.20. The summed E-state index contributed by atoms with van der Waals surface area (Å²) < 4.78 is 0. The third kappa shape index (κ3) is 0.891. The molecule has 70 valence electrons. The molecule has 4 nitrogen and oxygen atoms in total. The number of rotatable bonds is 0. The predicted octanol–water partition coefficient (Wildman–Crippen LogP) is 1.18. The van der Waals surface area contributed by atoms with Gasteiger partial charge in [0, 0.05) is 17.3 Å². The van der Waals surface area contributed by atoms with Gasteiger partial charge in [0.15, 0.2) is 0 Å². The van der Waals surface area contributed by atoms with Gasteiger partial charge in [-0.25, -0.2) is 0 Å². The highest BCUT2D eigenvalue weighted by Gasteiger charge is 2.33. The third-order valence-electron chi connectivity index (χ3n) is 2.54. The summed E-state index contributed by atoms with van der Waals surface area (Å²) in [6.07, 6.45) is 7.35. The Bertz CT molecular complexity index is 576. The van der Waals surface area contributed by atoms with Crippen LogP contribution in [0.4, 0.5) is 0 Å². The first-order valence-corrected chi connectivity index (χ1v) is 4.49. The molecule has 2 N–H and O–H groups in total. The van der Waals surface area contributed by atoms with Crippen molar-refractivity contribution in [2.24, 2.45) is 4.99 Å². The molecule has 0 aromatic heterocycles. The average molecular weight is 194 g/mol. The van der Waals surface area contributed by atoms with E-state index in [1.165, 1.54) is 6.20 Å². The van der Waals surface area contributed by atoms with Crippen LogP contribution < -0.4 is 5.32 Å². The predicted molar refractivity (Wildman–Crippen MR) is 56.2 cm³/mol. The van der Waals surface area contributed by atoms with Gasteiger partial charge in [-0.1, -0.05) is 18.2 Å². The number of aliphatic imine (C=N–C) groups is 1. The van der Waals surface area contributed by atoms with E-state index in [1.54, 1.807) is 0 Å². The minimum atomic E-state index is 0.109. The summed E-state index contributed by atoms with van der Waals surface area (Å²) in [6, 6.07) is 1.94. The Morgan fingerprint density at radius 1 is 1.47 bits per heavy atom. The van der Waals surface area contributed by atoms with Crippen molar-refractivity contribution in [1.82, 2.24) is 5.32 Å². The van der Waals surface area contributed by atoms with E-state index in [4.69, 9.17) is 10.7 Å². The Morgan fingerprint density at radius 3 is 3.13 bits per heavy atom. The topological polar surface area (TPSA) is 72.0 Å². The zero-order chi connectivity index (χ0) is 10.4. The van der Waals surface area contributed by atoms with Gasteiger partial charge in [0.1, 0.15) is 17.5 Å². The summed E-state index contributed by atoms with van der Waals surface area (Å²) >= 11 is 0. The lowest BCUT2D eigenvalue weighted by Gasteiger charge is -2.24. The highest BCUT2D eigenvalue weighted by molar-refractivity contribution is 6.27. The second kappa shape index (κ2) is 2.55. The van der Waals surface area contributed by atoms with Crippen LogP contribution in [0.15, 0.2) is 51.8 Å². The lowest BCUT2D eigenvalue weighted by molar-refractivity contribution is 1.13. The molecule has 15 heavy (non-hydrogen) atoms. The molecule has 3 aliphatic rings. The smallest absolute Gasteiger partial charge is 0.142 e. The molecular weight excluding hydrogens is 188 g/mol. The Morgan fingerprint density at radius 2 is 2.33 bits per heavy atom. The number of nitrogens with one attached hydrogen (secondary N) is 2. The first-order chi connectivity index (χ1) is 7.31. The number of allylic oxidation sites excluding steroid dienone is 5. The Labute approximate surface area is 86.1 Å². The Balaban J connectivity index is 2.14. The average Bonchev–Trinajstić information content (AvgIpc) is 2.59. The van der Waals surface area contributed by atoms with Crippen molar-refractivity contribution in [3.05, 3.63) is 46.8 Å². The monoisotopic (exact) mass is 194 g/mol. The molecule has 0 radical (unpaired) electrons. The van der Waals surface area contributed by atoms with Gasteiger partial charge in [-0.05, 0) is 0 Å². The molecule has 0 aromatic rings. The largest absolute Gasteiger partial charge is 0.337 e. The van der Waals surface area contributed by atoms with Crippen molar-refractivity contribution in [3.8, 4) is 6.07 Å². The number of nitriles is 1. The van der Waals surface area contributed by atoms with Crippen LogP contribution in [0, 0.1) is 16.7 Å². The van der Waals surface area contributed by atoms with Gasteiger partial charge >= 0.3 is 0 Å². The first kappa shape index (κ1) is 7.94. The first-order valence-electron chi connectivity index (χ1n) is 4.49. The number of fused-ring (bicyclic) bond motifs is 3. The second-order valence-electron chi connectivity index (χ2n) is 3.36. The van der Waals surface area contributed by atoms with E-state index < -0.39 is 0 Å². The van der Waals surface area contributed by atoms with Crippen LogP contribution in [0.25, 0.3) is 0 Å².